The molecule has 0 rings (SSSR count). The summed E-state index contributed by atoms with van der Waals surface area (Å²) < 4.78 is 13.7. The van der Waals surface area contributed by atoms with Crippen LogP contribution in [0.25, 0.3) is 0 Å². The van der Waals surface area contributed by atoms with E-state index in [4.69, 9.17) is 8.85 Å². The van der Waals surface area contributed by atoms with Crippen LogP contribution in [0, 0.1) is 0 Å². The third-order valence-electron chi connectivity index (χ3n) is 5.95. The van der Waals surface area contributed by atoms with Crippen LogP contribution in [0.4, 0.5) is 0 Å². The first kappa shape index (κ1) is 28.4. The third kappa shape index (κ3) is 12.1. The molecule has 0 atom stereocenters. The summed E-state index contributed by atoms with van der Waals surface area (Å²) in [4.78, 5) is 0. The van der Waals surface area contributed by atoms with Gasteiger partial charge in [-0.05, 0) is 64.0 Å². The Morgan fingerprint density at radius 2 is 0.714 bits per heavy atom. The smallest absolute Gasteiger partial charge is 0.192 e. The van der Waals surface area contributed by atoms with Crippen molar-refractivity contribution >= 4 is 16.6 Å². The summed E-state index contributed by atoms with van der Waals surface area (Å²) in [5, 5.41) is 0. The van der Waals surface area contributed by atoms with Crippen molar-refractivity contribution in [2.45, 2.75) is 155 Å². The van der Waals surface area contributed by atoms with Gasteiger partial charge < -0.3 is 8.85 Å². The Morgan fingerprint density at radius 3 is 0.893 bits per heavy atom. The molecule has 0 aliphatic heterocycles. The Balaban J connectivity index is 5.55. The van der Waals surface area contributed by atoms with Crippen molar-refractivity contribution in [2.24, 2.45) is 0 Å². The van der Waals surface area contributed by atoms with Crippen LogP contribution in [0.2, 0.25) is 36.3 Å². The van der Waals surface area contributed by atoms with Gasteiger partial charge in [0.1, 0.15) is 0 Å². The second kappa shape index (κ2) is 16.1. The average molecular weight is 431 g/mol. The largest absolute Gasteiger partial charge is 0.414 e. The molecule has 0 unspecified atom stereocenters. The lowest BCUT2D eigenvalue weighted by Gasteiger charge is -2.39. The van der Waals surface area contributed by atoms with Gasteiger partial charge in [-0.25, -0.2) is 0 Å². The molecule has 0 amide bonds. The van der Waals surface area contributed by atoms with Gasteiger partial charge >= 0.3 is 0 Å². The van der Waals surface area contributed by atoms with E-state index >= 15 is 0 Å². The van der Waals surface area contributed by atoms with E-state index in [1.54, 1.807) is 0 Å². The molecule has 170 valence electrons. The molecule has 0 fully saturated rings. The molecule has 0 spiro atoms. The number of hydrogen-bond acceptors (Lipinski definition) is 2. The molecule has 0 bridgehead atoms. The molecule has 2 nitrogen and oxygen atoms in total. The van der Waals surface area contributed by atoms with Crippen LogP contribution in [0.1, 0.15) is 107 Å². The van der Waals surface area contributed by atoms with Gasteiger partial charge in [0.15, 0.2) is 16.6 Å². The molecule has 28 heavy (non-hydrogen) atoms. The molecule has 0 aliphatic carbocycles. The summed E-state index contributed by atoms with van der Waals surface area (Å²) in [5.74, 6) is 0. The maximum Gasteiger partial charge on any atom is 0.192 e. The maximum absolute atomic E-state index is 6.86. The molecular weight excluding hydrogens is 376 g/mol. The lowest BCUT2D eigenvalue weighted by molar-refractivity contribution is 0.215. The highest BCUT2D eigenvalue weighted by atomic mass is 28.4. The van der Waals surface area contributed by atoms with E-state index in [0.29, 0.717) is 12.2 Å². The summed E-state index contributed by atoms with van der Waals surface area (Å²) >= 11 is 0. The Morgan fingerprint density at radius 1 is 0.464 bits per heavy atom. The summed E-state index contributed by atoms with van der Waals surface area (Å²) in [6.45, 7) is 18.3. The highest BCUT2D eigenvalue weighted by Gasteiger charge is 2.41. The quantitative estimate of drug-likeness (QED) is 0.190. The van der Waals surface area contributed by atoms with E-state index < -0.39 is 16.6 Å². The number of unbranched alkanes of at least 4 members (excludes halogenated alkanes) is 4. The molecular formula is C24H54O2Si2. The van der Waals surface area contributed by atoms with E-state index in [2.05, 4.69) is 55.4 Å². The molecule has 0 radical (unpaired) electrons. The fourth-order valence-electron chi connectivity index (χ4n) is 4.55. The normalized spacial score (nSPS) is 13.1. The molecule has 4 heteroatoms. The van der Waals surface area contributed by atoms with Gasteiger partial charge in [-0.15, -0.1) is 0 Å². The summed E-state index contributed by atoms with van der Waals surface area (Å²) in [6.07, 6.45) is 11.3. The number of rotatable bonds is 19. The van der Waals surface area contributed by atoms with Crippen molar-refractivity contribution in [3.8, 4) is 0 Å². The molecule has 0 aromatic carbocycles. The van der Waals surface area contributed by atoms with Crippen molar-refractivity contribution in [1.82, 2.24) is 0 Å². The lowest BCUT2D eigenvalue weighted by atomic mass is 10.4. The van der Waals surface area contributed by atoms with E-state index in [1.807, 2.05) is 0 Å². The zero-order chi connectivity index (χ0) is 21.5. The highest BCUT2D eigenvalue weighted by molar-refractivity contribution is 6.79. The lowest BCUT2D eigenvalue weighted by Crippen LogP contribution is -2.46. The Kier molecular flexibility index (Phi) is 16.3. The minimum absolute atomic E-state index is 0.369. The van der Waals surface area contributed by atoms with Crippen LogP contribution in [0.3, 0.4) is 0 Å². The second-order valence-electron chi connectivity index (χ2n) is 9.61. The molecule has 0 saturated carbocycles. The minimum Gasteiger partial charge on any atom is -0.414 e. The molecule has 0 aromatic rings. The maximum atomic E-state index is 6.86. The first-order valence-electron chi connectivity index (χ1n) is 12.6. The predicted molar refractivity (Wildman–Crippen MR) is 132 cm³/mol. The van der Waals surface area contributed by atoms with Crippen LogP contribution in [-0.4, -0.2) is 28.8 Å². The Hall–Kier alpha value is 0.354. The SMILES string of the molecule is CCCC[Si](CCCC)(CC[Si](CCCC)(CCCC)OC(C)C)OC(C)C. The first-order chi connectivity index (χ1) is 13.3. The Labute approximate surface area is 180 Å². The Bertz CT molecular complexity index is 309. The van der Waals surface area contributed by atoms with Crippen LogP contribution >= 0.6 is 0 Å². The second-order valence-corrected chi connectivity index (χ2v) is 17.8. The van der Waals surface area contributed by atoms with E-state index in [-0.39, 0.29) is 0 Å². The first-order valence-corrected chi connectivity index (χ1v) is 17.7. The van der Waals surface area contributed by atoms with Crippen LogP contribution in [0.15, 0.2) is 0 Å². The van der Waals surface area contributed by atoms with Gasteiger partial charge in [0, 0.05) is 12.2 Å². The van der Waals surface area contributed by atoms with Crippen LogP contribution < -0.4 is 0 Å². The van der Waals surface area contributed by atoms with Gasteiger partial charge in [-0.1, -0.05) is 79.1 Å². The van der Waals surface area contributed by atoms with Crippen molar-refractivity contribution in [1.29, 1.82) is 0 Å². The number of hydrogen-bond donors (Lipinski definition) is 0. The van der Waals surface area contributed by atoms with E-state index in [0.717, 1.165) is 0 Å². The molecule has 0 saturated heterocycles. The fraction of sp³-hybridized carbons (Fsp3) is 1.00. The third-order valence-corrected chi connectivity index (χ3v) is 15.8. The molecule has 0 aromatic heterocycles. The monoisotopic (exact) mass is 430 g/mol. The van der Waals surface area contributed by atoms with Crippen molar-refractivity contribution in [3.05, 3.63) is 0 Å². The van der Waals surface area contributed by atoms with E-state index in [9.17, 15) is 0 Å². The average Bonchev–Trinajstić information content (AvgIpc) is 2.64. The molecule has 0 aliphatic rings. The van der Waals surface area contributed by atoms with Gasteiger partial charge in [0.05, 0.1) is 0 Å². The van der Waals surface area contributed by atoms with Crippen LogP contribution in [-0.2, 0) is 8.85 Å². The molecule has 0 heterocycles. The van der Waals surface area contributed by atoms with Gasteiger partial charge in [-0.2, -0.15) is 0 Å². The van der Waals surface area contributed by atoms with Gasteiger partial charge in [0.25, 0.3) is 0 Å². The zero-order valence-corrected chi connectivity index (χ0v) is 22.9. The van der Waals surface area contributed by atoms with Crippen molar-refractivity contribution < 1.29 is 8.85 Å². The van der Waals surface area contributed by atoms with E-state index in [1.165, 1.54) is 87.6 Å². The van der Waals surface area contributed by atoms with Gasteiger partial charge in [0.2, 0.25) is 0 Å². The van der Waals surface area contributed by atoms with Crippen molar-refractivity contribution in [2.75, 3.05) is 0 Å². The highest BCUT2D eigenvalue weighted by Crippen LogP contribution is 2.37. The van der Waals surface area contributed by atoms with Crippen LogP contribution in [0.5, 0.6) is 0 Å². The zero-order valence-electron chi connectivity index (χ0n) is 20.9. The van der Waals surface area contributed by atoms with Crippen molar-refractivity contribution in [3.63, 3.8) is 0 Å². The van der Waals surface area contributed by atoms with Gasteiger partial charge in [-0.3, -0.25) is 0 Å². The molecule has 0 N–H and O–H groups in total. The predicted octanol–water partition coefficient (Wildman–Crippen LogP) is 8.93. The standard InChI is InChI=1S/C24H54O2Si2/c1-9-13-17-27(18-14-10-2,25-23(5)6)21-22-28(19-15-11-3,20-16-12-4)26-24(7)8/h23-24H,9-22H2,1-8H3. The fourth-order valence-corrected chi connectivity index (χ4v) is 16.4. The topological polar surface area (TPSA) is 18.5 Å². The summed E-state index contributed by atoms with van der Waals surface area (Å²) in [6, 6.07) is 8.12. The minimum atomic E-state index is -1.69. The summed E-state index contributed by atoms with van der Waals surface area (Å²) in [5.41, 5.74) is 0. The summed E-state index contributed by atoms with van der Waals surface area (Å²) in [7, 11) is -3.37.